The second kappa shape index (κ2) is 10.7. The molecule has 51 heavy (non-hydrogen) atoms. The third kappa shape index (κ3) is 3.99. The molecule has 0 fully saturated rings. The lowest BCUT2D eigenvalue weighted by Gasteiger charge is -2.30. The summed E-state index contributed by atoms with van der Waals surface area (Å²) in [5, 5.41) is 5.01. The van der Waals surface area contributed by atoms with Crippen LogP contribution in [0.25, 0.3) is 77.6 Å². The molecular formula is C49H30N2. The van der Waals surface area contributed by atoms with E-state index in [9.17, 15) is 0 Å². The van der Waals surface area contributed by atoms with E-state index in [0.717, 1.165) is 28.2 Å². The SMILES string of the molecule is c1ccc(-c2cccc(-c3ccccc3-c3ccc4cc5c(cc4c3)C3(c4ccccc4-c4ccccc43)c3cc4ccccc4cc3-5)n2)nc1. The van der Waals surface area contributed by atoms with Crippen LogP contribution in [-0.4, -0.2) is 9.97 Å². The van der Waals surface area contributed by atoms with Gasteiger partial charge in [0.05, 0.1) is 22.5 Å². The van der Waals surface area contributed by atoms with Gasteiger partial charge in [-0.3, -0.25) is 4.98 Å². The molecule has 11 rings (SSSR count). The monoisotopic (exact) mass is 646 g/mol. The van der Waals surface area contributed by atoms with Crippen molar-refractivity contribution in [3.05, 3.63) is 204 Å². The zero-order chi connectivity index (χ0) is 33.5. The van der Waals surface area contributed by atoms with Gasteiger partial charge < -0.3 is 0 Å². The Morgan fingerprint density at radius 3 is 1.57 bits per heavy atom. The van der Waals surface area contributed by atoms with E-state index in [0.29, 0.717) is 0 Å². The quantitative estimate of drug-likeness (QED) is 0.191. The van der Waals surface area contributed by atoms with Gasteiger partial charge >= 0.3 is 0 Å². The topological polar surface area (TPSA) is 25.8 Å². The highest BCUT2D eigenvalue weighted by atomic mass is 14.8. The first-order valence-electron chi connectivity index (χ1n) is 17.6. The molecule has 2 aliphatic carbocycles. The number of fused-ring (bicyclic) bond motifs is 12. The van der Waals surface area contributed by atoms with Crippen LogP contribution in [0.15, 0.2) is 182 Å². The fraction of sp³-hybridized carbons (Fsp3) is 0.0204. The van der Waals surface area contributed by atoms with Gasteiger partial charge in [-0.1, -0.05) is 121 Å². The summed E-state index contributed by atoms with van der Waals surface area (Å²) in [5.41, 5.74) is 16.4. The normalized spacial score (nSPS) is 13.3. The Morgan fingerprint density at radius 2 is 0.863 bits per heavy atom. The van der Waals surface area contributed by atoms with Crippen LogP contribution in [0.4, 0.5) is 0 Å². The summed E-state index contributed by atoms with van der Waals surface area (Å²) < 4.78 is 0. The van der Waals surface area contributed by atoms with E-state index in [4.69, 9.17) is 4.98 Å². The molecule has 0 saturated carbocycles. The Morgan fingerprint density at radius 1 is 0.314 bits per heavy atom. The van der Waals surface area contributed by atoms with Crippen LogP contribution in [0.5, 0.6) is 0 Å². The molecule has 2 nitrogen and oxygen atoms in total. The molecule has 0 amide bonds. The molecule has 0 atom stereocenters. The van der Waals surface area contributed by atoms with Crippen molar-refractivity contribution in [3.63, 3.8) is 0 Å². The number of hydrogen-bond donors (Lipinski definition) is 0. The Balaban J connectivity index is 1.15. The first-order valence-corrected chi connectivity index (χ1v) is 17.6. The maximum absolute atomic E-state index is 5.08. The van der Waals surface area contributed by atoms with Crippen LogP contribution in [0.2, 0.25) is 0 Å². The van der Waals surface area contributed by atoms with Crippen LogP contribution in [0.3, 0.4) is 0 Å². The number of hydrogen-bond acceptors (Lipinski definition) is 2. The van der Waals surface area contributed by atoms with Crippen molar-refractivity contribution >= 4 is 21.5 Å². The van der Waals surface area contributed by atoms with Gasteiger partial charge in [0.1, 0.15) is 0 Å². The summed E-state index contributed by atoms with van der Waals surface area (Å²) in [6, 6.07) is 64.4. The molecule has 0 aliphatic heterocycles. The minimum absolute atomic E-state index is 0.403. The smallest absolute Gasteiger partial charge is 0.0893 e. The zero-order valence-electron chi connectivity index (χ0n) is 27.7. The molecule has 0 saturated heterocycles. The van der Waals surface area contributed by atoms with E-state index < -0.39 is 5.41 Å². The third-order valence-corrected chi connectivity index (χ3v) is 11.1. The van der Waals surface area contributed by atoms with Crippen LogP contribution in [0, 0.1) is 0 Å². The largest absolute Gasteiger partial charge is 0.255 e. The Bertz CT molecular complexity index is 2820. The first kappa shape index (κ1) is 28.2. The molecule has 1 spiro atoms. The molecule has 2 aliphatic rings. The fourth-order valence-electron chi connectivity index (χ4n) is 8.93. The van der Waals surface area contributed by atoms with E-state index in [1.807, 2.05) is 30.5 Å². The number of pyridine rings is 2. The number of rotatable bonds is 3. The van der Waals surface area contributed by atoms with Gasteiger partial charge in [0, 0.05) is 11.8 Å². The zero-order valence-corrected chi connectivity index (χ0v) is 27.7. The van der Waals surface area contributed by atoms with Gasteiger partial charge in [0.25, 0.3) is 0 Å². The molecule has 2 aromatic heterocycles. The summed E-state index contributed by atoms with van der Waals surface area (Å²) in [7, 11) is 0. The minimum atomic E-state index is -0.403. The maximum Gasteiger partial charge on any atom is 0.0893 e. The molecule has 2 heteroatoms. The Kier molecular flexibility index (Phi) is 5.91. The van der Waals surface area contributed by atoms with Crippen LogP contribution in [0.1, 0.15) is 22.3 Å². The predicted molar refractivity (Wildman–Crippen MR) is 210 cm³/mol. The van der Waals surface area contributed by atoms with E-state index in [2.05, 4.69) is 157 Å². The van der Waals surface area contributed by atoms with E-state index in [1.165, 1.54) is 71.6 Å². The lowest BCUT2D eigenvalue weighted by molar-refractivity contribution is 0.796. The molecule has 0 radical (unpaired) electrons. The summed E-state index contributed by atoms with van der Waals surface area (Å²) in [6.07, 6.45) is 1.82. The van der Waals surface area contributed by atoms with Crippen LogP contribution >= 0.6 is 0 Å². The second-order valence-electron chi connectivity index (χ2n) is 13.7. The molecule has 7 aromatic carbocycles. The van der Waals surface area contributed by atoms with Gasteiger partial charge in [-0.25, -0.2) is 4.98 Å². The lowest BCUT2D eigenvalue weighted by atomic mass is 9.70. The van der Waals surface area contributed by atoms with Crippen molar-refractivity contribution in [1.82, 2.24) is 9.97 Å². The first-order chi connectivity index (χ1) is 25.3. The van der Waals surface area contributed by atoms with E-state index in [1.54, 1.807) is 0 Å². The molecule has 2 heterocycles. The average molecular weight is 647 g/mol. The molecule has 0 bridgehead atoms. The molecule has 9 aromatic rings. The third-order valence-electron chi connectivity index (χ3n) is 11.1. The standard InChI is InChI=1S/C49H30N2/c1-2-13-32-29-44-40(27-31(32)12-1)41-28-33-23-24-34(36-14-3-4-17-39(36)46-21-11-22-48(51-46)47-20-9-10-25-50-47)26-35(33)30-45(41)49(44)42-18-7-5-15-37(42)38-16-6-8-19-43(38)49/h1-30H. The number of nitrogens with zero attached hydrogens (tertiary/aromatic N) is 2. The van der Waals surface area contributed by atoms with Crippen molar-refractivity contribution in [2.75, 3.05) is 0 Å². The van der Waals surface area contributed by atoms with Crippen LogP contribution < -0.4 is 0 Å². The van der Waals surface area contributed by atoms with Crippen molar-refractivity contribution in [1.29, 1.82) is 0 Å². The Labute approximate surface area is 296 Å². The van der Waals surface area contributed by atoms with E-state index >= 15 is 0 Å². The summed E-state index contributed by atoms with van der Waals surface area (Å²) >= 11 is 0. The molecule has 0 N–H and O–H groups in total. The van der Waals surface area contributed by atoms with Crippen LogP contribution in [-0.2, 0) is 5.41 Å². The maximum atomic E-state index is 5.08. The fourth-order valence-corrected chi connectivity index (χ4v) is 8.93. The second-order valence-corrected chi connectivity index (χ2v) is 13.7. The predicted octanol–water partition coefficient (Wildman–Crippen LogP) is 12.1. The van der Waals surface area contributed by atoms with Crippen molar-refractivity contribution in [3.8, 4) is 56.0 Å². The highest BCUT2D eigenvalue weighted by Gasteiger charge is 2.51. The lowest BCUT2D eigenvalue weighted by Crippen LogP contribution is -2.25. The van der Waals surface area contributed by atoms with E-state index in [-0.39, 0.29) is 0 Å². The van der Waals surface area contributed by atoms with Gasteiger partial charge in [-0.05, 0) is 132 Å². The summed E-state index contributed by atoms with van der Waals surface area (Å²) in [6.45, 7) is 0. The molecule has 0 unspecified atom stereocenters. The minimum Gasteiger partial charge on any atom is -0.255 e. The van der Waals surface area contributed by atoms with Crippen molar-refractivity contribution < 1.29 is 0 Å². The van der Waals surface area contributed by atoms with Gasteiger partial charge in [0.2, 0.25) is 0 Å². The van der Waals surface area contributed by atoms with Gasteiger partial charge in [-0.2, -0.15) is 0 Å². The summed E-state index contributed by atoms with van der Waals surface area (Å²) in [4.78, 5) is 9.64. The highest BCUT2D eigenvalue weighted by Crippen LogP contribution is 2.63. The highest BCUT2D eigenvalue weighted by molar-refractivity contribution is 6.04. The van der Waals surface area contributed by atoms with Gasteiger partial charge in [-0.15, -0.1) is 0 Å². The number of aromatic nitrogens is 2. The average Bonchev–Trinajstić information content (AvgIpc) is 3.65. The Hall–Kier alpha value is -6.64. The molecular weight excluding hydrogens is 617 g/mol. The van der Waals surface area contributed by atoms with Gasteiger partial charge in [0.15, 0.2) is 0 Å². The number of benzene rings is 7. The molecule has 236 valence electrons. The van der Waals surface area contributed by atoms with Crippen molar-refractivity contribution in [2.45, 2.75) is 5.41 Å². The van der Waals surface area contributed by atoms with Crippen molar-refractivity contribution in [2.24, 2.45) is 0 Å². The summed E-state index contributed by atoms with van der Waals surface area (Å²) in [5.74, 6) is 0.